The number of nitrogens with two attached hydrogens (primary N) is 1. The lowest BCUT2D eigenvalue weighted by Crippen LogP contribution is -2.41. The van der Waals surface area contributed by atoms with Gasteiger partial charge in [-0.25, -0.2) is 0 Å². The molecule has 0 aliphatic carbocycles. The molecule has 124 valence electrons. The number of benzene rings is 1. The Labute approximate surface area is 137 Å². The smallest absolute Gasteiger partial charge is 0.255 e. The van der Waals surface area contributed by atoms with Crippen LogP contribution in [0, 0.1) is 5.92 Å². The third kappa shape index (κ3) is 5.07. The molecule has 22 heavy (non-hydrogen) atoms. The number of amides is 1. The maximum absolute atomic E-state index is 12.4. The van der Waals surface area contributed by atoms with Crippen molar-refractivity contribution in [2.24, 2.45) is 5.92 Å². The normalized spacial score (nSPS) is 12.5. The summed E-state index contributed by atoms with van der Waals surface area (Å²) in [6.07, 6.45) is 1.01. The SMILES string of the molecule is COc1cc(N)c(Cl)cc1C(=O)NCC(CC(C)C)N(C)C. The molecule has 0 aromatic heterocycles. The van der Waals surface area contributed by atoms with Crippen molar-refractivity contribution >= 4 is 23.2 Å². The lowest BCUT2D eigenvalue weighted by atomic mass is 10.0. The van der Waals surface area contributed by atoms with Gasteiger partial charge in [0.1, 0.15) is 5.75 Å². The largest absolute Gasteiger partial charge is 0.496 e. The van der Waals surface area contributed by atoms with Crippen LogP contribution in [0.1, 0.15) is 30.6 Å². The first kappa shape index (κ1) is 18.6. The minimum Gasteiger partial charge on any atom is -0.496 e. The molecule has 0 heterocycles. The van der Waals surface area contributed by atoms with Crippen molar-refractivity contribution < 1.29 is 9.53 Å². The molecule has 1 aromatic carbocycles. The van der Waals surface area contributed by atoms with Crippen molar-refractivity contribution in [3.63, 3.8) is 0 Å². The van der Waals surface area contributed by atoms with Gasteiger partial charge in [-0.05, 0) is 32.5 Å². The van der Waals surface area contributed by atoms with Crippen molar-refractivity contribution in [2.45, 2.75) is 26.3 Å². The molecule has 5 nitrogen and oxygen atoms in total. The van der Waals surface area contributed by atoms with E-state index in [2.05, 4.69) is 24.1 Å². The van der Waals surface area contributed by atoms with Crippen molar-refractivity contribution in [1.29, 1.82) is 0 Å². The molecular formula is C16H26ClN3O2. The van der Waals surface area contributed by atoms with E-state index in [9.17, 15) is 4.79 Å². The van der Waals surface area contributed by atoms with Crippen LogP contribution in [0.2, 0.25) is 5.02 Å². The lowest BCUT2D eigenvalue weighted by molar-refractivity contribution is 0.0935. The number of nitrogens with zero attached hydrogens (tertiary/aromatic N) is 1. The first-order valence-corrected chi connectivity index (χ1v) is 7.71. The summed E-state index contributed by atoms with van der Waals surface area (Å²) in [7, 11) is 5.53. The number of nitrogen functional groups attached to an aromatic ring is 1. The summed E-state index contributed by atoms with van der Waals surface area (Å²) < 4.78 is 5.21. The molecule has 0 radical (unpaired) electrons. The summed E-state index contributed by atoms with van der Waals surface area (Å²) in [5, 5.41) is 3.29. The molecule has 0 aliphatic heterocycles. The van der Waals surface area contributed by atoms with Crippen molar-refractivity contribution in [3.05, 3.63) is 22.7 Å². The second-order valence-corrected chi connectivity index (χ2v) is 6.44. The zero-order valence-corrected chi connectivity index (χ0v) is 14.7. The van der Waals surface area contributed by atoms with E-state index in [-0.39, 0.29) is 11.9 Å². The fourth-order valence-electron chi connectivity index (χ4n) is 2.24. The number of anilines is 1. The van der Waals surface area contributed by atoms with Crippen LogP contribution in [0.25, 0.3) is 0 Å². The number of nitrogens with one attached hydrogen (secondary N) is 1. The molecule has 1 unspecified atom stereocenters. The van der Waals surface area contributed by atoms with Gasteiger partial charge >= 0.3 is 0 Å². The Hall–Kier alpha value is -1.46. The first-order chi connectivity index (χ1) is 10.3. The van der Waals surface area contributed by atoms with Gasteiger partial charge in [0, 0.05) is 18.7 Å². The molecule has 3 N–H and O–H groups in total. The van der Waals surface area contributed by atoms with Gasteiger partial charge < -0.3 is 20.7 Å². The Bertz CT molecular complexity index is 518. The summed E-state index contributed by atoms with van der Waals surface area (Å²) in [6, 6.07) is 3.38. The third-order valence-electron chi connectivity index (χ3n) is 3.54. The summed E-state index contributed by atoms with van der Waals surface area (Å²) in [6.45, 7) is 4.90. The Morgan fingerprint density at radius 3 is 2.55 bits per heavy atom. The average Bonchev–Trinajstić information content (AvgIpc) is 2.44. The number of methoxy groups -OCH3 is 1. The van der Waals surface area contributed by atoms with Crippen LogP contribution in [0.5, 0.6) is 5.75 Å². The molecule has 1 aromatic rings. The van der Waals surface area contributed by atoms with E-state index < -0.39 is 0 Å². The highest BCUT2D eigenvalue weighted by Gasteiger charge is 2.18. The van der Waals surface area contributed by atoms with Crippen LogP contribution >= 0.6 is 11.6 Å². The highest BCUT2D eigenvalue weighted by Crippen LogP contribution is 2.28. The summed E-state index contributed by atoms with van der Waals surface area (Å²) >= 11 is 6.00. The zero-order chi connectivity index (χ0) is 16.9. The quantitative estimate of drug-likeness (QED) is 0.755. The first-order valence-electron chi connectivity index (χ1n) is 7.33. The van der Waals surface area contributed by atoms with E-state index in [0.29, 0.717) is 34.5 Å². The Morgan fingerprint density at radius 2 is 2.05 bits per heavy atom. The predicted octanol–water partition coefficient (Wildman–Crippen LogP) is 2.64. The van der Waals surface area contributed by atoms with Gasteiger partial charge in [0.15, 0.2) is 0 Å². The molecule has 0 fully saturated rings. The lowest BCUT2D eigenvalue weighted by Gasteiger charge is -2.26. The number of carbonyl (C=O) groups excluding carboxylic acids is 1. The molecule has 0 bridgehead atoms. The van der Waals surface area contributed by atoms with Gasteiger partial charge in [-0.3, -0.25) is 4.79 Å². The van der Waals surface area contributed by atoms with Gasteiger partial charge in [-0.15, -0.1) is 0 Å². The molecule has 0 saturated carbocycles. The van der Waals surface area contributed by atoms with Crippen LogP contribution in [-0.4, -0.2) is 44.6 Å². The number of hydrogen-bond donors (Lipinski definition) is 2. The highest BCUT2D eigenvalue weighted by molar-refractivity contribution is 6.33. The number of carbonyl (C=O) groups is 1. The maximum Gasteiger partial charge on any atom is 0.255 e. The maximum atomic E-state index is 12.4. The van der Waals surface area contributed by atoms with E-state index in [1.54, 1.807) is 6.07 Å². The van der Waals surface area contributed by atoms with Crippen molar-refractivity contribution in [2.75, 3.05) is 33.5 Å². The monoisotopic (exact) mass is 327 g/mol. The standard InChI is InChI=1S/C16H26ClN3O2/c1-10(2)6-11(20(3)4)9-19-16(21)12-7-13(17)14(18)8-15(12)22-5/h7-8,10-11H,6,9,18H2,1-5H3,(H,19,21). The van der Waals surface area contributed by atoms with Crippen LogP contribution < -0.4 is 15.8 Å². The molecule has 1 rings (SSSR count). The van der Waals surface area contributed by atoms with Gasteiger partial charge in [0.25, 0.3) is 5.91 Å². The molecular weight excluding hydrogens is 302 g/mol. The number of ether oxygens (including phenoxy) is 1. The van der Waals surface area contributed by atoms with Crippen molar-refractivity contribution in [1.82, 2.24) is 10.2 Å². The Morgan fingerprint density at radius 1 is 1.41 bits per heavy atom. The predicted molar refractivity (Wildman–Crippen MR) is 91.7 cm³/mol. The van der Waals surface area contributed by atoms with E-state index >= 15 is 0 Å². The van der Waals surface area contributed by atoms with Crippen LogP contribution in [0.15, 0.2) is 12.1 Å². The Kier molecular flexibility index (Phi) is 6.97. The summed E-state index contributed by atoms with van der Waals surface area (Å²) in [5.41, 5.74) is 6.51. The van der Waals surface area contributed by atoms with Crippen LogP contribution in [0.3, 0.4) is 0 Å². The van der Waals surface area contributed by atoms with Crippen LogP contribution in [0.4, 0.5) is 5.69 Å². The van der Waals surface area contributed by atoms with E-state index in [1.807, 2.05) is 14.1 Å². The topological polar surface area (TPSA) is 67.6 Å². The highest BCUT2D eigenvalue weighted by atomic mass is 35.5. The number of rotatable bonds is 7. The summed E-state index contributed by atoms with van der Waals surface area (Å²) in [5.74, 6) is 0.767. The van der Waals surface area contributed by atoms with E-state index in [4.69, 9.17) is 22.1 Å². The molecule has 0 spiro atoms. The van der Waals surface area contributed by atoms with Gasteiger partial charge in [0.05, 0.1) is 23.4 Å². The number of hydrogen-bond acceptors (Lipinski definition) is 4. The minimum absolute atomic E-state index is 0.214. The minimum atomic E-state index is -0.214. The van der Waals surface area contributed by atoms with Gasteiger partial charge in [-0.1, -0.05) is 25.4 Å². The molecule has 0 aliphatic rings. The third-order valence-corrected chi connectivity index (χ3v) is 3.86. The second-order valence-electron chi connectivity index (χ2n) is 6.03. The fourth-order valence-corrected chi connectivity index (χ4v) is 2.41. The second kappa shape index (κ2) is 8.25. The number of likely N-dealkylation sites (N-methyl/N-ethyl adjacent to an activating group) is 1. The number of halogens is 1. The molecule has 0 saturated heterocycles. The summed E-state index contributed by atoms with van der Waals surface area (Å²) in [4.78, 5) is 14.5. The van der Waals surface area contributed by atoms with E-state index in [1.165, 1.54) is 13.2 Å². The van der Waals surface area contributed by atoms with Gasteiger partial charge in [0.2, 0.25) is 0 Å². The van der Waals surface area contributed by atoms with Gasteiger partial charge in [-0.2, -0.15) is 0 Å². The fraction of sp³-hybridized carbons (Fsp3) is 0.562. The average molecular weight is 328 g/mol. The van der Waals surface area contributed by atoms with E-state index in [0.717, 1.165) is 6.42 Å². The zero-order valence-electron chi connectivity index (χ0n) is 13.9. The van der Waals surface area contributed by atoms with Crippen LogP contribution in [-0.2, 0) is 0 Å². The molecule has 6 heteroatoms. The molecule has 1 amide bonds. The Balaban J connectivity index is 2.82. The van der Waals surface area contributed by atoms with Crippen molar-refractivity contribution in [3.8, 4) is 5.75 Å². The molecule has 1 atom stereocenters.